The van der Waals surface area contributed by atoms with E-state index < -0.39 is 0 Å². The van der Waals surface area contributed by atoms with Crippen LogP contribution in [0.3, 0.4) is 0 Å². The van der Waals surface area contributed by atoms with Crippen molar-refractivity contribution in [2.75, 3.05) is 6.26 Å². The SMILES string of the molecule is CSc1sc2c([s+]1)CSC2. The number of thioether (sulfide) groups is 2. The van der Waals surface area contributed by atoms with Gasteiger partial charge in [0, 0.05) is 0 Å². The third-order valence-electron chi connectivity index (χ3n) is 1.36. The average molecular weight is 207 g/mol. The van der Waals surface area contributed by atoms with E-state index in [1.165, 1.54) is 15.0 Å². The first-order valence-electron chi connectivity index (χ1n) is 2.96. The maximum atomic E-state index is 2.16. The van der Waals surface area contributed by atoms with Gasteiger partial charge in [-0.3, -0.25) is 0 Å². The van der Waals surface area contributed by atoms with Crippen LogP contribution in [0.15, 0.2) is 3.52 Å². The van der Waals surface area contributed by atoms with Crippen molar-refractivity contribution in [2.24, 2.45) is 0 Å². The number of fused-ring (bicyclic) bond motifs is 1. The summed E-state index contributed by atoms with van der Waals surface area (Å²) < 4.78 is 1.52. The van der Waals surface area contributed by atoms with Gasteiger partial charge in [-0.25, -0.2) is 0 Å². The molecule has 0 radical (unpaired) electrons. The molecule has 0 unspecified atom stereocenters. The van der Waals surface area contributed by atoms with E-state index in [1.807, 2.05) is 46.2 Å². The van der Waals surface area contributed by atoms with Gasteiger partial charge in [-0.1, -0.05) is 11.8 Å². The second kappa shape index (κ2) is 3.01. The third kappa shape index (κ3) is 1.22. The number of hydrogen-bond acceptors (Lipinski definition) is 3. The molecule has 0 aromatic carbocycles. The largest absolute Gasteiger partial charge is 0.312 e. The highest BCUT2D eigenvalue weighted by Gasteiger charge is 2.26. The first-order chi connectivity index (χ1) is 4.90. The molecule has 1 aliphatic heterocycles. The molecule has 2 rings (SSSR count). The summed E-state index contributed by atoms with van der Waals surface area (Å²) in [7, 11) is 0. The van der Waals surface area contributed by atoms with Crippen molar-refractivity contribution in [1.29, 1.82) is 0 Å². The van der Waals surface area contributed by atoms with Crippen LogP contribution in [-0.2, 0) is 11.5 Å². The highest BCUT2D eigenvalue weighted by Crippen LogP contribution is 2.43. The van der Waals surface area contributed by atoms with Crippen molar-refractivity contribution in [3.8, 4) is 0 Å². The van der Waals surface area contributed by atoms with Crippen LogP contribution in [0.5, 0.6) is 0 Å². The lowest BCUT2D eigenvalue weighted by Gasteiger charge is -1.75. The summed E-state index contributed by atoms with van der Waals surface area (Å²) >= 11 is 7.89. The molecule has 0 fully saturated rings. The van der Waals surface area contributed by atoms with Gasteiger partial charge in [0.05, 0.1) is 34.2 Å². The van der Waals surface area contributed by atoms with E-state index in [0.29, 0.717) is 0 Å². The van der Waals surface area contributed by atoms with Gasteiger partial charge in [0.2, 0.25) is 0 Å². The van der Waals surface area contributed by atoms with Crippen molar-refractivity contribution in [2.45, 2.75) is 15.0 Å². The van der Waals surface area contributed by atoms with Gasteiger partial charge in [0.15, 0.2) is 9.75 Å². The predicted octanol–water partition coefficient (Wildman–Crippen LogP) is 3.56. The minimum absolute atomic E-state index is 1.26. The van der Waals surface area contributed by atoms with E-state index in [-0.39, 0.29) is 0 Å². The van der Waals surface area contributed by atoms with E-state index >= 15 is 0 Å². The summed E-state index contributed by atoms with van der Waals surface area (Å²) in [6, 6.07) is 0. The molecule has 0 atom stereocenters. The topological polar surface area (TPSA) is 0 Å². The standard InChI is InChI=1S/C6H7S4/c1-7-6-9-4-2-8-3-5(4)10-6/h2-3H2,1H3/q+1. The molecule has 54 valence electrons. The van der Waals surface area contributed by atoms with E-state index in [1.54, 1.807) is 9.75 Å². The van der Waals surface area contributed by atoms with Crippen LogP contribution in [0.1, 0.15) is 9.75 Å². The molecular weight excluding hydrogens is 200 g/mol. The van der Waals surface area contributed by atoms with Gasteiger partial charge in [0.1, 0.15) is 0 Å². The minimum atomic E-state index is 1.26. The Morgan fingerprint density at radius 2 is 2.40 bits per heavy atom. The molecular formula is C6H7S4+. The van der Waals surface area contributed by atoms with Gasteiger partial charge >= 0.3 is 3.52 Å². The molecule has 0 saturated heterocycles. The van der Waals surface area contributed by atoms with Crippen LogP contribution >= 0.6 is 46.2 Å². The van der Waals surface area contributed by atoms with Gasteiger partial charge in [-0.05, 0) is 6.26 Å². The number of hydrogen-bond donors (Lipinski definition) is 0. The van der Waals surface area contributed by atoms with Crippen molar-refractivity contribution in [3.63, 3.8) is 0 Å². The number of rotatable bonds is 1. The van der Waals surface area contributed by atoms with Crippen molar-refractivity contribution in [3.05, 3.63) is 9.75 Å². The van der Waals surface area contributed by atoms with Crippen LogP contribution in [0.4, 0.5) is 0 Å². The Labute approximate surface area is 77.1 Å². The summed E-state index contributed by atoms with van der Waals surface area (Å²) in [5.41, 5.74) is 0. The zero-order chi connectivity index (χ0) is 6.97. The fraction of sp³-hybridized carbons (Fsp3) is 0.500. The van der Waals surface area contributed by atoms with Crippen LogP contribution in [-0.4, -0.2) is 6.26 Å². The third-order valence-corrected chi connectivity index (χ3v) is 6.78. The molecule has 1 aromatic heterocycles. The molecule has 2 heterocycles. The fourth-order valence-electron chi connectivity index (χ4n) is 0.876. The molecule has 0 N–H and O–H groups in total. The second-order valence-corrected chi connectivity index (χ2v) is 6.79. The van der Waals surface area contributed by atoms with Crippen LogP contribution in [0, 0.1) is 0 Å². The quantitative estimate of drug-likeness (QED) is 0.510. The van der Waals surface area contributed by atoms with Gasteiger partial charge in [-0.2, -0.15) is 0 Å². The maximum Gasteiger partial charge on any atom is 0.312 e. The van der Waals surface area contributed by atoms with Crippen LogP contribution in [0.2, 0.25) is 0 Å². The lowest BCUT2D eigenvalue weighted by Crippen LogP contribution is -1.62. The molecule has 0 nitrogen and oxygen atoms in total. The molecule has 10 heavy (non-hydrogen) atoms. The minimum Gasteiger partial charge on any atom is -0.146 e. The summed E-state index contributed by atoms with van der Waals surface area (Å²) in [6.45, 7) is 0. The molecule has 0 saturated carbocycles. The normalized spacial score (nSPS) is 15.7. The maximum absolute atomic E-state index is 2.16. The van der Waals surface area contributed by atoms with Crippen LogP contribution < -0.4 is 0 Å². The van der Waals surface area contributed by atoms with Crippen molar-refractivity contribution in [1.82, 2.24) is 0 Å². The van der Waals surface area contributed by atoms with E-state index in [0.717, 1.165) is 0 Å². The Balaban J connectivity index is 2.37. The molecule has 0 spiro atoms. The highest BCUT2D eigenvalue weighted by atomic mass is 32.2. The zero-order valence-electron chi connectivity index (χ0n) is 5.55. The zero-order valence-corrected chi connectivity index (χ0v) is 8.81. The first kappa shape index (κ1) is 7.40. The first-order valence-corrected chi connectivity index (χ1v) is 6.98. The smallest absolute Gasteiger partial charge is 0.146 e. The molecule has 4 heteroatoms. The Hall–Kier alpha value is 0.750. The lowest BCUT2D eigenvalue weighted by atomic mass is 10.5. The van der Waals surface area contributed by atoms with Crippen molar-refractivity contribution < 1.29 is 0 Å². The highest BCUT2D eigenvalue weighted by molar-refractivity contribution is 8.03. The Kier molecular flexibility index (Phi) is 2.23. The van der Waals surface area contributed by atoms with Gasteiger partial charge < -0.3 is 0 Å². The van der Waals surface area contributed by atoms with Crippen molar-refractivity contribution >= 4 is 46.2 Å². The monoisotopic (exact) mass is 207 g/mol. The summed E-state index contributed by atoms with van der Waals surface area (Å²) in [6.07, 6.45) is 2.16. The average Bonchev–Trinajstić information content (AvgIpc) is 2.42. The van der Waals surface area contributed by atoms with Crippen LogP contribution in [0.25, 0.3) is 0 Å². The Bertz CT molecular complexity index is 218. The summed E-state index contributed by atoms with van der Waals surface area (Å²) in [5, 5.41) is 0. The van der Waals surface area contributed by atoms with E-state index in [4.69, 9.17) is 0 Å². The Morgan fingerprint density at radius 1 is 1.50 bits per heavy atom. The van der Waals surface area contributed by atoms with E-state index in [2.05, 4.69) is 6.26 Å². The molecule has 1 aliphatic rings. The van der Waals surface area contributed by atoms with E-state index in [9.17, 15) is 0 Å². The second-order valence-electron chi connectivity index (χ2n) is 2.00. The molecule has 0 aliphatic carbocycles. The summed E-state index contributed by atoms with van der Waals surface area (Å²) in [4.78, 5) is 3.25. The lowest BCUT2D eigenvalue weighted by molar-refractivity contribution is 1.53. The predicted molar refractivity (Wildman–Crippen MR) is 53.4 cm³/mol. The molecule has 0 bridgehead atoms. The Morgan fingerprint density at radius 3 is 3.10 bits per heavy atom. The molecule has 1 aromatic rings. The van der Waals surface area contributed by atoms with Gasteiger partial charge in [-0.15, -0.1) is 11.8 Å². The fourth-order valence-corrected chi connectivity index (χ4v) is 5.92. The molecule has 0 amide bonds. The van der Waals surface area contributed by atoms with Gasteiger partial charge in [0.25, 0.3) is 0 Å². The summed E-state index contributed by atoms with van der Waals surface area (Å²) in [5.74, 6) is 2.52.